The number of aliphatic hydroxyl groups is 1. The molecule has 1 N–H and O–H groups in total. The summed E-state index contributed by atoms with van der Waals surface area (Å²) in [6.45, 7) is 0.661. The van der Waals surface area contributed by atoms with Gasteiger partial charge in [-0.15, -0.1) is 0 Å². The Morgan fingerprint density at radius 3 is 2.41 bits per heavy atom. The maximum absolute atomic E-state index is 10.9. The zero-order valence-electron chi connectivity index (χ0n) is 15.1. The molecule has 4 rings (SSSR count). The van der Waals surface area contributed by atoms with Crippen molar-refractivity contribution in [1.29, 1.82) is 0 Å². The molecule has 2 aliphatic heterocycles. The van der Waals surface area contributed by atoms with Crippen molar-refractivity contribution in [3.05, 3.63) is 71.8 Å². The third-order valence-corrected chi connectivity index (χ3v) is 4.90. The smallest absolute Gasteiger partial charge is 0.186 e. The highest BCUT2D eigenvalue weighted by Crippen LogP contribution is 2.35. The number of hydrogen-bond acceptors (Lipinski definition) is 6. The summed E-state index contributed by atoms with van der Waals surface area (Å²) in [6, 6.07) is 19.4. The quantitative estimate of drug-likeness (QED) is 0.870. The molecule has 2 heterocycles. The largest absolute Gasteiger partial charge is 0.387 e. The Kier molecular flexibility index (Phi) is 5.83. The molecule has 0 aliphatic carbocycles. The fourth-order valence-corrected chi connectivity index (χ4v) is 3.48. The van der Waals surface area contributed by atoms with Gasteiger partial charge in [0.15, 0.2) is 12.6 Å². The van der Waals surface area contributed by atoms with E-state index in [2.05, 4.69) is 0 Å². The molecule has 6 nitrogen and oxygen atoms in total. The first-order valence-corrected chi connectivity index (χ1v) is 9.10. The van der Waals surface area contributed by atoms with Gasteiger partial charge in [-0.1, -0.05) is 60.7 Å². The highest BCUT2D eigenvalue weighted by Gasteiger charge is 2.50. The van der Waals surface area contributed by atoms with E-state index in [1.54, 1.807) is 0 Å². The molecule has 2 aromatic rings. The second-order valence-corrected chi connectivity index (χ2v) is 6.71. The minimum absolute atomic E-state index is 0.312. The van der Waals surface area contributed by atoms with Crippen LogP contribution in [0.15, 0.2) is 60.7 Å². The number of aliphatic hydroxyl groups excluding tert-OH is 1. The van der Waals surface area contributed by atoms with Crippen LogP contribution in [0, 0.1) is 0 Å². The van der Waals surface area contributed by atoms with E-state index in [0.717, 1.165) is 11.1 Å². The highest BCUT2D eigenvalue weighted by molar-refractivity contribution is 5.17. The Bertz CT molecular complexity index is 703. The lowest BCUT2D eigenvalue weighted by Gasteiger charge is -2.47. The average Bonchev–Trinajstić information content (AvgIpc) is 2.74. The van der Waals surface area contributed by atoms with Crippen molar-refractivity contribution < 1.29 is 28.8 Å². The summed E-state index contributed by atoms with van der Waals surface area (Å²) in [5.74, 6) is 0. The van der Waals surface area contributed by atoms with Crippen LogP contribution < -0.4 is 0 Å². The standard InChI is InChI=1S/C21H24O6/c1-23-21-19(24-12-14-8-4-2-5-9-14)17(22)18-16(26-21)13-25-20(27-18)15-10-6-3-7-11-15/h2-11,16-22H,12-13H2,1H3/t16-,17-,18-,19-,20?,21-/m1/s1. The van der Waals surface area contributed by atoms with Crippen molar-refractivity contribution in [1.82, 2.24) is 0 Å². The summed E-state index contributed by atoms with van der Waals surface area (Å²) in [4.78, 5) is 0. The number of ether oxygens (including phenoxy) is 5. The van der Waals surface area contributed by atoms with Crippen LogP contribution in [0.5, 0.6) is 0 Å². The lowest BCUT2D eigenvalue weighted by molar-refractivity contribution is -0.363. The first-order valence-electron chi connectivity index (χ1n) is 9.10. The van der Waals surface area contributed by atoms with Gasteiger partial charge in [-0.05, 0) is 5.56 Å². The molecule has 2 fully saturated rings. The fourth-order valence-electron chi connectivity index (χ4n) is 3.48. The Labute approximate surface area is 158 Å². The van der Waals surface area contributed by atoms with Gasteiger partial charge in [0.2, 0.25) is 0 Å². The molecule has 0 amide bonds. The fraction of sp³-hybridized carbons (Fsp3) is 0.429. The Balaban J connectivity index is 1.46. The van der Waals surface area contributed by atoms with Gasteiger partial charge >= 0.3 is 0 Å². The van der Waals surface area contributed by atoms with E-state index < -0.39 is 37.0 Å². The summed E-state index contributed by atoms with van der Waals surface area (Å²) < 4.78 is 29.1. The molecule has 0 saturated carbocycles. The predicted molar refractivity (Wildman–Crippen MR) is 96.7 cm³/mol. The van der Waals surface area contributed by atoms with Crippen molar-refractivity contribution in [3.63, 3.8) is 0 Å². The molecule has 0 radical (unpaired) electrons. The van der Waals surface area contributed by atoms with Gasteiger partial charge < -0.3 is 28.8 Å². The first-order chi connectivity index (χ1) is 13.3. The minimum atomic E-state index is -0.896. The summed E-state index contributed by atoms with van der Waals surface area (Å²) in [5, 5.41) is 10.9. The van der Waals surface area contributed by atoms with Gasteiger partial charge in [0.25, 0.3) is 0 Å². The SMILES string of the molecule is CO[C@@H]1O[C@@H]2COC(c3ccccc3)O[C@H]2[C@@H](O)[C@H]1OCc1ccccc1. The van der Waals surface area contributed by atoms with Crippen molar-refractivity contribution in [2.45, 2.75) is 43.6 Å². The van der Waals surface area contributed by atoms with Crippen molar-refractivity contribution in [3.8, 4) is 0 Å². The molecule has 1 unspecified atom stereocenters. The zero-order valence-corrected chi connectivity index (χ0v) is 15.1. The molecule has 144 valence electrons. The normalized spacial score (nSPS) is 33.4. The van der Waals surface area contributed by atoms with Gasteiger partial charge in [0, 0.05) is 12.7 Å². The van der Waals surface area contributed by atoms with Crippen molar-refractivity contribution in [2.24, 2.45) is 0 Å². The molecule has 6 heteroatoms. The van der Waals surface area contributed by atoms with Crippen LogP contribution in [0.3, 0.4) is 0 Å². The maximum atomic E-state index is 10.9. The second-order valence-electron chi connectivity index (χ2n) is 6.71. The molecular formula is C21H24O6. The lowest BCUT2D eigenvalue weighted by atomic mass is 9.97. The van der Waals surface area contributed by atoms with E-state index in [-0.39, 0.29) is 0 Å². The number of fused-ring (bicyclic) bond motifs is 1. The van der Waals surface area contributed by atoms with E-state index in [1.165, 1.54) is 7.11 Å². The summed E-state index contributed by atoms with van der Waals surface area (Å²) in [6.07, 6.45) is -3.76. The minimum Gasteiger partial charge on any atom is -0.387 e. The molecule has 2 aliphatic rings. The van der Waals surface area contributed by atoms with Crippen LogP contribution >= 0.6 is 0 Å². The summed E-state index contributed by atoms with van der Waals surface area (Å²) in [7, 11) is 1.54. The third-order valence-electron chi connectivity index (χ3n) is 4.90. The molecule has 6 atom stereocenters. The Hall–Kier alpha value is -1.80. The van der Waals surface area contributed by atoms with E-state index in [4.69, 9.17) is 23.7 Å². The molecule has 27 heavy (non-hydrogen) atoms. The van der Waals surface area contributed by atoms with E-state index in [0.29, 0.717) is 13.2 Å². The first kappa shape index (κ1) is 18.6. The Morgan fingerprint density at radius 1 is 1.00 bits per heavy atom. The van der Waals surface area contributed by atoms with Crippen LogP contribution in [0.1, 0.15) is 17.4 Å². The topological polar surface area (TPSA) is 66.4 Å². The van der Waals surface area contributed by atoms with Crippen molar-refractivity contribution in [2.75, 3.05) is 13.7 Å². The highest BCUT2D eigenvalue weighted by atomic mass is 16.8. The number of rotatable bonds is 5. The van der Waals surface area contributed by atoms with Crippen LogP contribution in [0.2, 0.25) is 0 Å². The van der Waals surface area contributed by atoms with E-state index in [1.807, 2.05) is 60.7 Å². The van der Waals surface area contributed by atoms with E-state index >= 15 is 0 Å². The lowest BCUT2D eigenvalue weighted by Crippen LogP contribution is -2.62. The number of benzene rings is 2. The van der Waals surface area contributed by atoms with Crippen LogP contribution in [0.4, 0.5) is 0 Å². The van der Waals surface area contributed by atoms with Crippen LogP contribution in [0.25, 0.3) is 0 Å². The van der Waals surface area contributed by atoms with Gasteiger partial charge in [-0.3, -0.25) is 0 Å². The third kappa shape index (κ3) is 4.06. The molecule has 2 aromatic carbocycles. The number of hydrogen-bond donors (Lipinski definition) is 1. The maximum Gasteiger partial charge on any atom is 0.186 e. The van der Waals surface area contributed by atoms with Gasteiger partial charge in [0.05, 0.1) is 13.2 Å². The molecule has 2 saturated heterocycles. The van der Waals surface area contributed by atoms with Gasteiger partial charge in [-0.2, -0.15) is 0 Å². The Morgan fingerprint density at radius 2 is 1.70 bits per heavy atom. The molecular weight excluding hydrogens is 348 g/mol. The van der Waals surface area contributed by atoms with E-state index in [9.17, 15) is 5.11 Å². The molecule has 0 spiro atoms. The van der Waals surface area contributed by atoms with Crippen molar-refractivity contribution >= 4 is 0 Å². The summed E-state index contributed by atoms with van der Waals surface area (Å²) >= 11 is 0. The molecule has 0 aromatic heterocycles. The summed E-state index contributed by atoms with van der Waals surface area (Å²) in [5.41, 5.74) is 1.91. The van der Waals surface area contributed by atoms with Gasteiger partial charge in [-0.25, -0.2) is 0 Å². The van der Waals surface area contributed by atoms with Crippen LogP contribution in [-0.4, -0.2) is 49.5 Å². The average molecular weight is 372 g/mol. The van der Waals surface area contributed by atoms with Crippen LogP contribution in [-0.2, 0) is 30.3 Å². The monoisotopic (exact) mass is 372 g/mol. The number of methoxy groups -OCH3 is 1. The predicted octanol–water partition coefficient (Wildman–Crippen LogP) is 2.42. The zero-order chi connectivity index (χ0) is 18.6. The second kappa shape index (κ2) is 8.48. The molecule has 0 bridgehead atoms. The van der Waals surface area contributed by atoms with Gasteiger partial charge in [0.1, 0.15) is 24.4 Å².